The number of hydrogen-bond acceptors (Lipinski definition) is 8. The Morgan fingerprint density at radius 3 is 2.83 bits per heavy atom. The summed E-state index contributed by atoms with van der Waals surface area (Å²) in [4.78, 5) is 38.3. The quantitative estimate of drug-likeness (QED) is 0.632. The van der Waals surface area contributed by atoms with Gasteiger partial charge in [0, 0.05) is 7.05 Å². The highest BCUT2D eigenvalue weighted by Gasteiger charge is 2.38. The molecule has 2 aromatic rings. The highest BCUT2D eigenvalue weighted by molar-refractivity contribution is 7.13. The molecule has 1 fully saturated rings. The van der Waals surface area contributed by atoms with Gasteiger partial charge in [-0.2, -0.15) is 9.94 Å². The molecule has 0 aliphatic heterocycles. The van der Waals surface area contributed by atoms with Crippen LogP contribution in [-0.2, 0) is 20.9 Å². The first kappa shape index (κ1) is 20.8. The van der Waals surface area contributed by atoms with Gasteiger partial charge in [-0.3, -0.25) is 9.59 Å². The zero-order valence-electron chi connectivity index (χ0n) is 16.1. The molecule has 29 heavy (non-hydrogen) atoms. The van der Waals surface area contributed by atoms with Crippen LogP contribution in [0, 0.1) is 11.3 Å². The predicted octanol–water partition coefficient (Wildman–Crippen LogP) is 2.18. The van der Waals surface area contributed by atoms with E-state index in [1.165, 1.54) is 16.2 Å². The smallest absolute Gasteiger partial charge is 0.437 e. The van der Waals surface area contributed by atoms with Crippen LogP contribution in [0.5, 0.6) is 0 Å². The van der Waals surface area contributed by atoms with Gasteiger partial charge < -0.3 is 14.1 Å². The summed E-state index contributed by atoms with van der Waals surface area (Å²) in [7, 11) is 1.58. The van der Waals surface area contributed by atoms with Gasteiger partial charge in [0.1, 0.15) is 5.54 Å². The van der Waals surface area contributed by atoms with Crippen molar-refractivity contribution in [3.8, 4) is 16.8 Å². The average Bonchev–Trinajstić information content (AvgIpc) is 3.40. The predicted molar refractivity (Wildman–Crippen MR) is 104 cm³/mol. The van der Waals surface area contributed by atoms with Crippen molar-refractivity contribution in [3.63, 3.8) is 0 Å². The zero-order chi connectivity index (χ0) is 20.9. The van der Waals surface area contributed by atoms with Crippen LogP contribution in [0.1, 0.15) is 38.5 Å². The van der Waals surface area contributed by atoms with Crippen LogP contribution in [-0.4, -0.2) is 45.8 Å². The van der Waals surface area contributed by atoms with Crippen LogP contribution in [0.4, 0.5) is 0 Å². The van der Waals surface area contributed by atoms with Gasteiger partial charge in [0.2, 0.25) is 0 Å². The maximum absolute atomic E-state index is 12.4. The topological polar surface area (TPSA) is 118 Å². The molecule has 9 nitrogen and oxygen atoms in total. The van der Waals surface area contributed by atoms with E-state index in [-0.39, 0.29) is 18.9 Å². The van der Waals surface area contributed by atoms with Gasteiger partial charge in [-0.1, -0.05) is 25.3 Å². The number of ether oxygens (including phenoxy) is 1. The number of aromatic nitrogens is 2. The minimum atomic E-state index is -0.825. The third-order valence-electron chi connectivity index (χ3n) is 5.13. The van der Waals surface area contributed by atoms with Crippen LogP contribution in [0.3, 0.4) is 0 Å². The zero-order valence-corrected chi connectivity index (χ0v) is 16.9. The van der Waals surface area contributed by atoms with Gasteiger partial charge in [0.15, 0.2) is 6.61 Å². The molecule has 1 saturated carbocycles. The van der Waals surface area contributed by atoms with Crippen molar-refractivity contribution < 1.29 is 18.7 Å². The van der Waals surface area contributed by atoms with E-state index in [0.717, 1.165) is 23.9 Å². The number of rotatable bonds is 7. The molecule has 0 aromatic carbocycles. The molecule has 10 heteroatoms. The first-order valence-corrected chi connectivity index (χ1v) is 10.3. The number of aryl methyl sites for hydroxylation is 1. The average molecular weight is 418 g/mol. The van der Waals surface area contributed by atoms with E-state index in [0.29, 0.717) is 17.7 Å². The van der Waals surface area contributed by atoms with E-state index in [2.05, 4.69) is 11.2 Å². The Bertz CT molecular complexity index is 950. The molecule has 0 unspecified atom stereocenters. The number of hydrogen-bond donors (Lipinski definition) is 0. The van der Waals surface area contributed by atoms with Gasteiger partial charge in [-0.25, -0.2) is 4.79 Å². The molecule has 2 heterocycles. The molecular formula is C19H22N4O5S. The van der Waals surface area contributed by atoms with Gasteiger partial charge >= 0.3 is 11.7 Å². The van der Waals surface area contributed by atoms with Gasteiger partial charge in [-0.15, -0.1) is 16.4 Å². The normalized spacial score (nSPS) is 15.4. The summed E-state index contributed by atoms with van der Waals surface area (Å²) < 4.78 is 11.2. The Kier molecular flexibility index (Phi) is 6.49. The molecule has 3 rings (SSSR count). The number of thiophene rings is 1. The lowest BCUT2D eigenvalue weighted by molar-refractivity contribution is -0.153. The second kappa shape index (κ2) is 9.05. The van der Waals surface area contributed by atoms with E-state index in [1.807, 2.05) is 11.4 Å². The number of amides is 1. The van der Waals surface area contributed by atoms with Crippen molar-refractivity contribution in [2.24, 2.45) is 0 Å². The molecule has 1 aliphatic rings. The van der Waals surface area contributed by atoms with E-state index >= 15 is 0 Å². The van der Waals surface area contributed by atoms with Crippen molar-refractivity contribution in [2.45, 2.75) is 50.6 Å². The van der Waals surface area contributed by atoms with Crippen molar-refractivity contribution in [1.82, 2.24) is 14.7 Å². The Morgan fingerprint density at radius 2 is 2.17 bits per heavy atom. The summed E-state index contributed by atoms with van der Waals surface area (Å²) in [6.45, 7) is -0.453. The van der Waals surface area contributed by atoms with Crippen molar-refractivity contribution in [2.75, 3.05) is 13.7 Å². The van der Waals surface area contributed by atoms with Gasteiger partial charge in [-0.05, 0) is 24.3 Å². The van der Waals surface area contributed by atoms with Crippen LogP contribution in [0.2, 0.25) is 0 Å². The van der Waals surface area contributed by atoms with E-state index in [9.17, 15) is 19.6 Å². The Balaban J connectivity index is 1.49. The number of nitriles is 1. The fourth-order valence-corrected chi connectivity index (χ4v) is 4.00. The third kappa shape index (κ3) is 4.74. The standard InChI is InChI=1S/C19H22N4O5S/c1-22(19(13-20)8-3-2-4-9-19)15(24)12-27-16(25)7-10-23-18(26)28-17(21-23)14-6-5-11-29-14/h5-6,11H,2-4,7-10,12H2,1H3. The SMILES string of the molecule is CN(C(=O)COC(=O)CCn1nc(-c2cccs2)oc1=O)C1(C#N)CCCCC1. The first-order valence-electron chi connectivity index (χ1n) is 9.40. The fraction of sp³-hybridized carbons (Fsp3) is 0.526. The lowest BCUT2D eigenvalue weighted by Gasteiger charge is -2.38. The maximum Gasteiger partial charge on any atom is 0.437 e. The number of likely N-dealkylation sites (N-methyl/N-ethyl adjacent to an activating group) is 1. The lowest BCUT2D eigenvalue weighted by atomic mass is 9.81. The van der Waals surface area contributed by atoms with Crippen molar-refractivity contribution in [1.29, 1.82) is 5.26 Å². The maximum atomic E-state index is 12.4. The molecule has 0 bridgehead atoms. The molecule has 1 aliphatic carbocycles. The summed E-state index contributed by atoms with van der Waals surface area (Å²) in [5, 5.41) is 15.4. The Hall–Kier alpha value is -2.93. The van der Waals surface area contributed by atoms with E-state index < -0.39 is 29.8 Å². The van der Waals surface area contributed by atoms with E-state index in [1.54, 1.807) is 13.1 Å². The molecule has 0 radical (unpaired) electrons. The van der Waals surface area contributed by atoms with Crippen molar-refractivity contribution in [3.05, 3.63) is 28.1 Å². The van der Waals surface area contributed by atoms with Crippen LogP contribution in [0.25, 0.3) is 10.8 Å². The molecular weight excluding hydrogens is 396 g/mol. The number of esters is 1. The van der Waals surface area contributed by atoms with Crippen LogP contribution in [0.15, 0.2) is 26.7 Å². The highest BCUT2D eigenvalue weighted by atomic mass is 32.1. The number of carbonyl (C=O) groups is 2. The van der Waals surface area contributed by atoms with Gasteiger partial charge in [0.25, 0.3) is 11.8 Å². The summed E-state index contributed by atoms with van der Waals surface area (Å²) in [6.07, 6.45) is 3.96. The summed E-state index contributed by atoms with van der Waals surface area (Å²) in [5.41, 5.74) is -0.825. The lowest BCUT2D eigenvalue weighted by Crippen LogP contribution is -2.51. The van der Waals surface area contributed by atoms with Crippen molar-refractivity contribution >= 4 is 23.2 Å². The molecule has 2 aromatic heterocycles. The van der Waals surface area contributed by atoms with E-state index in [4.69, 9.17) is 9.15 Å². The molecule has 0 atom stereocenters. The minimum Gasteiger partial charge on any atom is -0.456 e. The summed E-state index contributed by atoms with van der Waals surface area (Å²) in [5.74, 6) is -1.51. The summed E-state index contributed by atoms with van der Waals surface area (Å²) in [6, 6.07) is 5.85. The second-order valence-corrected chi connectivity index (χ2v) is 7.89. The Labute approximate surface area is 171 Å². The van der Waals surface area contributed by atoms with Gasteiger partial charge in [0.05, 0.1) is 23.9 Å². The second-order valence-electron chi connectivity index (χ2n) is 6.94. The molecule has 154 valence electrons. The summed E-state index contributed by atoms with van der Waals surface area (Å²) >= 11 is 1.38. The monoisotopic (exact) mass is 418 g/mol. The Morgan fingerprint density at radius 1 is 1.41 bits per heavy atom. The van der Waals surface area contributed by atoms with Crippen LogP contribution < -0.4 is 5.76 Å². The molecule has 0 saturated heterocycles. The molecule has 0 N–H and O–H groups in total. The van der Waals surface area contributed by atoms with Crippen LogP contribution >= 0.6 is 11.3 Å². The third-order valence-corrected chi connectivity index (χ3v) is 5.99. The number of nitrogens with zero attached hydrogens (tertiary/aromatic N) is 4. The highest BCUT2D eigenvalue weighted by Crippen LogP contribution is 2.32. The fourth-order valence-electron chi connectivity index (χ4n) is 3.35. The first-order chi connectivity index (χ1) is 13.9. The molecule has 0 spiro atoms. The largest absolute Gasteiger partial charge is 0.456 e. The number of carbonyl (C=O) groups excluding carboxylic acids is 2. The molecule has 1 amide bonds. The minimum absolute atomic E-state index is 0.0152.